The second kappa shape index (κ2) is 11.5. The van der Waals surface area contributed by atoms with Crippen molar-refractivity contribution >= 4 is 23.9 Å². The first-order valence-corrected chi connectivity index (χ1v) is 8.42. The van der Waals surface area contributed by atoms with Crippen molar-refractivity contribution in [3.8, 4) is 0 Å². The Morgan fingerprint density at radius 2 is 1.59 bits per heavy atom. The van der Waals surface area contributed by atoms with Gasteiger partial charge in [-0.3, -0.25) is 9.59 Å². The van der Waals surface area contributed by atoms with Crippen molar-refractivity contribution in [2.24, 2.45) is 5.92 Å². The molecule has 1 rings (SSSR count). The molecule has 0 aliphatic carbocycles. The highest BCUT2D eigenvalue weighted by Crippen LogP contribution is 2.03. The average molecular weight is 379 g/mol. The average Bonchev–Trinajstić information content (AvgIpc) is 2.67. The molecule has 0 unspecified atom stereocenters. The quantitative estimate of drug-likeness (QED) is 0.532. The van der Waals surface area contributed by atoms with E-state index in [1.54, 1.807) is 26.0 Å². The van der Waals surface area contributed by atoms with Crippen LogP contribution in [0.25, 0.3) is 0 Å². The van der Waals surface area contributed by atoms with Gasteiger partial charge in [0.15, 0.2) is 0 Å². The first-order valence-electron chi connectivity index (χ1n) is 8.42. The Morgan fingerprint density at radius 3 is 2.19 bits per heavy atom. The number of hydrogen-bond acceptors (Lipinski definition) is 6. The highest BCUT2D eigenvalue weighted by molar-refractivity contribution is 5.89. The standard InChI is InChI=1S/C18H25N3O6/c1-12(2)16(17(24)26-3)21-15(23)10-19-14(22)9-20-18(25)27-11-13-7-5-4-6-8-13/h4-8,12,16H,9-11H2,1-3H3,(H,19,22)(H,20,25)(H,21,23)/t16-/m0/s1. The van der Waals surface area contributed by atoms with Crippen LogP contribution in [0.1, 0.15) is 19.4 Å². The van der Waals surface area contributed by atoms with Crippen LogP contribution in [0.5, 0.6) is 0 Å². The molecule has 0 heterocycles. The molecule has 0 aliphatic rings. The molecule has 0 radical (unpaired) electrons. The van der Waals surface area contributed by atoms with Gasteiger partial charge in [-0.25, -0.2) is 9.59 Å². The van der Waals surface area contributed by atoms with E-state index in [0.29, 0.717) is 0 Å². The van der Waals surface area contributed by atoms with Crippen LogP contribution in [0.15, 0.2) is 30.3 Å². The maximum Gasteiger partial charge on any atom is 0.407 e. The number of methoxy groups -OCH3 is 1. The summed E-state index contributed by atoms with van der Waals surface area (Å²) in [5.41, 5.74) is 0.819. The Morgan fingerprint density at radius 1 is 0.963 bits per heavy atom. The second-order valence-electron chi connectivity index (χ2n) is 6.00. The Hall–Kier alpha value is -3.10. The molecule has 148 valence electrons. The maximum atomic E-state index is 11.8. The molecule has 9 nitrogen and oxygen atoms in total. The van der Waals surface area contributed by atoms with Crippen LogP contribution in [-0.4, -0.2) is 50.1 Å². The SMILES string of the molecule is COC(=O)[C@@H](NC(=O)CNC(=O)CNC(=O)OCc1ccccc1)C(C)C. The van der Waals surface area contributed by atoms with Gasteiger partial charge in [0.1, 0.15) is 19.2 Å². The summed E-state index contributed by atoms with van der Waals surface area (Å²) in [7, 11) is 1.23. The summed E-state index contributed by atoms with van der Waals surface area (Å²) < 4.78 is 9.58. The van der Waals surface area contributed by atoms with E-state index in [0.717, 1.165) is 5.56 Å². The largest absolute Gasteiger partial charge is 0.467 e. The molecule has 0 saturated heterocycles. The van der Waals surface area contributed by atoms with E-state index in [-0.39, 0.29) is 25.6 Å². The number of carbonyl (C=O) groups is 4. The third kappa shape index (κ3) is 8.70. The van der Waals surface area contributed by atoms with Gasteiger partial charge in [0.05, 0.1) is 13.7 Å². The Bertz CT molecular complexity index is 648. The maximum absolute atomic E-state index is 11.8. The van der Waals surface area contributed by atoms with Gasteiger partial charge in [-0.2, -0.15) is 0 Å². The van der Waals surface area contributed by atoms with E-state index in [4.69, 9.17) is 4.74 Å². The molecule has 0 bridgehead atoms. The zero-order valence-corrected chi connectivity index (χ0v) is 15.6. The van der Waals surface area contributed by atoms with Gasteiger partial charge in [-0.05, 0) is 11.5 Å². The van der Waals surface area contributed by atoms with Gasteiger partial charge in [-0.15, -0.1) is 0 Å². The minimum atomic E-state index is -0.800. The first-order chi connectivity index (χ1) is 12.8. The number of benzene rings is 1. The number of nitrogens with one attached hydrogen (secondary N) is 3. The van der Waals surface area contributed by atoms with Crippen LogP contribution < -0.4 is 16.0 Å². The van der Waals surface area contributed by atoms with Crippen molar-refractivity contribution in [3.05, 3.63) is 35.9 Å². The van der Waals surface area contributed by atoms with E-state index in [1.807, 2.05) is 18.2 Å². The van der Waals surface area contributed by atoms with Gasteiger partial charge < -0.3 is 25.4 Å². The first kappa shape index (κ1) is 21.9. The van der Waals surface area contributed by atoms with E-state index < -0.39 is 29.9 Å². The lowest BCUT2D eigenvalue weighted by Gasteiger charge is -2.19. The van der Waals surface area contributed by atoms with Crippen molar-refractivity contribution in [2.45, 2.75) is 26.5 Å². The fourth-order valence-electron chi connectivity index (χ4n) is 2.02. The minimum absolute atomic E-state index is 0.0841. The molecule has 27 heavy (non-hydrogen) atoms. The van der Waals surface area contributed by atoms with Gasteiger partial charge in [0.2, 0.25) is 11.8 Å². The third-order valence-corrected chi connectivity index (χ3v) is 3.49. The summed E-state index contributed by atoms with van der Waals surface area (Å²) in [5, 5.41) is 7.11. The van der Waals surface area contributed by atoms with Gasteiger partial charge in [0, 0.05) is 0 Å². The van der Waals surface area contributed by atoms with E-state index in [1.165, 1.54) is 7.11 Å². The lowest BCUT2D eigenvalue weighted by atomic mass is 10.0. The number of amides is 3. The molecule has 3 amide bonds. The molecule has 0 aliphatic heterocycles. The normalized spacial score (nSPS) is 11.3. The molecule has 0 saturated carbocycles. The molecule has 0 fully saturated rings. The monoisotopic (exact) mass is 379 g/mol. The smallest absolute Gasteiger partial charge is 0.407 e. The van der Waals surface area contributed by atoms with Crippen LogP contribution in [0, 0.1) is 5.92 Å². The fourth-order valence-corrected chi connectivity index (χ4v) is 2.02. The van der Waals surface area contributed by atoms with Crippen molar-refractivity contribution in [1.29, 1.82) is 0 Å². The summed E-state index contributed by atoms with van der Waals surface area (Å²) in [6.45, 7) is 2.92. The highest BCUT2D eigenvalue weighted by atomic mass is 16.5. The Labute approximate surface area is 157 Å². The molecular formula is C18H25N3O6. The van der Waals surface area contributed by atoms with Crippen molar-refractivity contribution in [2.75, 3.05) is 20.2 Å². The molecule has 1 atom stereocenters. The summed E-state index contributed by atoms with van der Waals surface area (Å²) in [6.07, 6.45) is -0.746. The number of esters is 1. The molecule has 1 aromatic carbocycles. The Balaban J connectivity index is 2.26. The van der Waals surface area contributed by atoms with Crippen molar-refractivity contribution in [1.82, 2.24) is 16.0 Å². The summed E-state index contributed by atoms with van der Waals surface area (Å²) >= 11 is 0. The van der Waals surface area contributed by atoms with Crippen LogP contribution >= 0.6 is 0 Å². The van der Waals surface area contributed by atoms with Gasteiger partial charge >= 0.3 is 12.1 Å². The van der Waals surface area contributed by atoms with Crippen molar-refractivity contribution in [3.63, 3.8) is 0 Å². The molecule has 3 N–H and O–H groups in total. The Kier molecular flexibility index (Phi) is 9.35. The second-order valence-corrected chi connectivity index (χ2v) is 6.00. The molecular weight excluding hydrogens is 354 g/mol. The lowest BCUT2D eigenvalue weighted by Crippen LogP contribution is -2.49. The van der Waals surface area contributed by atoms with Crippen LogP contribution in [0.4, 0.5) is 4.79 Å². The molecule has 9 heteroatoms. The highest BCUT2D eigenvalue weighted by Gasteiger charge is 2.24. The zero-order valence-electron chi connectivity index (χ0n) is 15.6. The number of hydrogen-bond donors (Lipinski definition) is 3. The number of carbonyl (C=O) groups excluding carboxylic acids is 4. The fraction of sp³-hybridized carbons (Fsp3) is 0.444. The van der Waals surface area contributed by atoms with Gasteiger partial charge in [0.25, 0.3) is 0 Å². The van der Waals surface area contributed by atoms with E-state index >= 15 is 0 Å². The third-order valence-electron chi connectivity index (χ3n) is 3.49. The number of rotatable bonds is 9. The predicted molar refractivity (Wildman–Crippen MR) is 96.4 cm³/mol. The zero-order chi connectivity index (χ0) is 20.2. The number of alkyl carbamates (subject to hydrolysis) is 1. The van der Waals surface area contributed by atoms with Crippen LogP contribution in [0.2, 0.25) is 0 Å². The lowest BCUT2D eigenvalue weighted by molar-refractivity contribution is -0.146. The van der Waals surface area contributed by atoms with Crippen LogP contribution in [-0.2, 0) is 30.5 Å². The van der Waals surface area contributed by atoms with Crippen molar-refractivity contribution < 1.29 is 28.7 Å². The molecule has 0 aromatic heterocycles. The van der Waals surface area contributed by atoms with E-state index in [2.05, 4.69) is 20.7 Å². The summed E-state index contributed by atoms with van der Waals surface area (Å²) in [5.74, 6) is -1.84. The number of ether oxygens (including phenoxy) is 2. The summed E-state index contributed by atoms with van der Waals surface area (Å²) in [4.78, 5) is 46.6. The van der Waals surface area contributed by atoms with Gasteiger partial charge in [-0.1, -0.05) is 44.2 Å². The van der Waals surface area contributed by atoms with E-state index in [9.17, 15) is 19.2 Å². The van der Waals surface area contributed by atoms with Crippen LogP contribution in [0.3, 0.4) is 0 Å². The topological polar surface area (TPSA) is 123 Å². The molecule has 1 aromatic rings. The summed E-state index contributed by atoms with van der Waals surface area (Å²) in [6, 6.07) is 8.29. The predicted octanol–water partition coefficient (Wildman–Crippen LogP) is 0.343. The molecule has 0 spiro atoms. The minimum Gasteiger partial charge on any atom is -0.467 e.